The van der Waals surface area contributed by atoms with E-state index in [0.717, 1.165) is 36.8 Å². The predicted octanol–water partition coefficient (Wildman–Crippen LogP) is 2.09. The van der Waals surface area contributed by atoms with E-state index in [1.54, 1.807) is 13.0 Å². The maximum atomic E-state index is 11.3. The van der Waals surface area contributed by atoms with Crippen LogP contribution in [0.4, 0.5) is 0 Å². The molecule has 0 unspecified atom stereocenters. The maximum absolute atomic E-state index is 11.3. The number of hydrogen-bond donors (Lipinski definition) is 2. The van der Waals surface area contributed by atoms with Gasteiger partial charge < -0.3 is 10.2 Å². The second kappa shape index (κ2) is 7.20. The van der Waals surface area contributed by atoms with Crippen LogP contribution in [0.1, 0.15) is 47.7 Å². The summed E-state index contributed by atoms with van der Waals surface area (Å²) in [5, 5.41) is 17.9. The molecule has 0 aliphatic heterocycles. The van der Waals surface area contributed by atoms with Gasteiger partial charge in [0.2, 0.25) is 0 Å². The molecule has 3 heteroatoms. The van der Waals surface area contributed by atoms with E-state index in [-0.39, 0.29) is 19.0 Å². The highest BCUT2D eigenvalue weighted by molar-refractivity contribution is 5.94. The van der Waals surface area contributed by atoms with Crippen molar-refractivity contribution in [2.45, 2.75) is 39.2 Å². The Morgan fingerprint density at radius 1 is 1.12 bits per heavy atom. The van der Waals surface area contributed by atoms with Gasteiger partial charge in [0.15, 0.2) is 5.78 Å². The molecule has 0 atom stereocenters. The molecule has 0 fully saturated rings. The van der Waals surface area contributed by atoms with Gasteiger partial charge >= 0.3 is 0 Å². The zero-order chi connectivity index (χ0) is 12.7. The third-order valence-corrected chi connectivity index (χ3v) is 2.89. The molecule has 1 aromatic carbocycles. The summed E-state index contributed by atoms with van der Waals surface area (Å²) in [7, 11) is 0. The van der Waals surface area contributed by atoms with Gasteiger partial charge in [0.25, 0.3) is 0 Å². The van der Waals surface area contributed by atoms with Gasteiger partial charge in [0, 0.05) is 12.2 Å². The average Bonchev–Trinajstić information content (AvgIpc) is 2.34. The fourth-order valence-electron chi connectivity index (χ4n) is 1.84. The third kappa shape index (κ3) is 4.29. The van der Waals surface area contributed by atoms with Gasteiger partial charge in [0.1, 0.15) is 0 Å². The molecule has 1 aromatic rings. The van der Waals surface area contributed by atoms with Crippen LogP contribution in [-0.4, -0.2) is 22.6 Å². The Morgan fingerprint density at radius 2 is 1.88 bits per heavy atom. The van der Waals surface area contributed by atoms with Crippen LogP contribution in [0.2, 0.25) is 0 Å². The number of ketones is 1. The van der Waals surface area contributed by atoms with Crippen molar-refractivity contribution >= 4 is 5.78 Å². The highest BCUT2D eigenvalue weighted by Crippen LogP contribution is 2.16. The summed E-state index contributed by atoms with van der Waals surface area (Å²) in [6.45, 7) is 1.78. The maximum Gasteiger partial charge on any atom is 0.159 e. The molecule has 0 heterocycles. The molecule has 2 N–H and O–H groups in total. The Labute approximate surface area is 102 Å². The van der Waals surface area contributed by atoms with Gasteiger partial charge in [-0.05, 0) is 43.4 Å². The number of carbonyl (C=O) groups is 1. The molecule has 0 saturated carbocycles. The molecule has 0 aliphatic rings. The van der Waals surface area contributed by atoms with Crippen LogP contribution in [-0.2, 0) is 13.0 Å². The average molecular weight is 236 g/mol. The number of aliphatic hydroxyl groups is 2. The molecule has 0 aliphatic carbocycles. The molecule has 94 valence electrons. The smallest absolute Gasteiger partial charge is 0.159 e. The molecule has 17 heavy (non-hydrogen) atoms. The number of unbranched alkanes of at least 4 members (excludes halogenated alkanes) is 2. The SMILES string of the molecule is CC(=O)c1ccc(CO)c(CCCCCO)c1. The second-order valence-electron chi connectivity index (χ2n) is 4.23. The molecule has 3 nitrogen and oxygen atoms in total. The van der Waals surface area contributed by atoms with Crippen LogP contribution in [0.15, 0.2) is 18.2 Å². The van der Waals surface area contributed by atoms with Crippen LogP contribution < -0.4 is 0 Å². The molecule has 0 aromatic heterocycles. The van der Waals surface area contributed by atoms with Crippen LogP contribution in [0.5, 0.6) is 0 Å². The minimum atomic E-state index is 0.00746. The molecule has 0 amide bonds. The van der Waals surface area contributed by atoms with E-state index < -0.39 is 0 Å². The van der Waals surface area contributed by atoms with E-state index in [1.807, 2.05) is 12.1 Å². The van der Waals surface area contributed by atoms with Gasteiger partial charge in [0.05, 0.1) is 6.61 Å². The summed E-state index contributed by atoms with van der Waals surface area (Å²) in [5.41, 5.74) is 2.62. The molecule has 0 bridgehead atoms. The standard InChI is InChI=1S/C14H20O3/c1-11(17)12-6-7-14(10-16)13(9-12)5-3-2-4-8-15/h6-7,9,15-16H,2-5,8,10H2,1H3. The van der Waals surface area contributed by atoms with Crippen LogP contribution >= 0.6 is 0 Å². The van der Waals surface area contributed by atoms with E-state index in [0.29, 0.717) is 5.56 Å². The Kier molecular flexibility index (Phi) is 5.87. The summed E-state index contributed by atoms with van der Waals surface area (Å²) in [4.78, 5) is 11.3. The molecule has 0 saturated heterocycles. The summed E-state index contributed by atoms with van der Waals surface area (Å²) >= 11 is 0. The third-order valence-electron chi connectivity index (χ3n) is 2.89. The lowest BCUT2D eigenvalue weighted by Gasteiger charge is -2.09. The van der Waals surface area contributed by atoms with Gasteiger partial charge in [-0.1, -0.05) is 18.6 Å². The van der Waals surface area contributed by atoms with Crippen molar-refractivity contribution in [1.82, 2.24) is 0 Å². The molecular weight excluding hydrogens is 216 g/mol. The lowest BCUT2D eigenvalue weighted by molar-refractivity contribution is 0.101. The highest BCUT2D eigenvalue weighted by atomic mass is 16.3. The van der Waals surface area contributed by atoms with Crippen molar-refractivity contribution < 1.29 is 15.0 Å². The number of hydrogen-bond acceptors (Lipinski definition) is 3. The van der Waals surface area contributed by atoms with Crippen molar-refractivity contribution in [3.63, 3.8) is 0 Å². The summed E-state index contributed by atoms with van der Waals surface area (Å²) < 4.78 is 0. The zero-order valence-corrected chi connectivity index (χ0v) is 10.3. The lowest BCUT2D eigenvalue weighted by atomic mass is 9.98. The fourth-order valence-corrected chi connectivity index (χ4v) is 1.84. The number of aliphatic hydroxyl groups excluding tert-OH is 2. The first-order valence-corrected chi connectivity index (χ1v) is 6.03. The van der Waals surface area contributed by atoms with Crippen LogP contribution in [0.3, 0.4) is 0 Å². The van der Waals surface area contributed by atoms with Crippen molar-refractivity contribution in [3.8, 4) is 0 Å². The Hall–Kier alpha value is -1.19. The summed E-state index contributed by atoms with van der Waals surface area (Å²) in [6.07, 6.45) is 3.58. The number of aryl methyl sites for hydroxylation is 1. The summed E-state index contributed by atoms with van der Waals surface area (Å²) in [5.74, 6) is 0.0473. The normalized spacial score (nSPS) is 10.5. The number of rotatable bonds is 7. The van der Waals surface area contributed by atoms with E-state index >= 15 is 0 Å². The minimum Gasteiger partial charge on any atom is -0.396 e. The fraction of sp³-hybridized carbons (Fsp3) is 0.500. The first-order chi connectivity index (χ1) is 8.19. The van der Waals surface area contributed by atoms with E-state index in [2.05, 4.69) is 0 Å². The molecule has 1 rings (SSSR count). The van der Waals surface area contributed by atoms with Gasteiger partial charge in [-0.25, -0.2) is 0 Å². The number of carbonyl (C=O) groups excluding carboxylic acids is 1. The zero-order valence-electron chi connectivity index (χ0n) is 10.3. The highest BCUT2D eigenvalue weighted by Gasteiger charge is 2.06. The first-order valence-electron chi connectivity index (χ1n) is 6.03. The number of benzene rings is 1. The Morgan fingerprint density at radius 3 is 2.47 bits per heavy atom. The van der Waals surface area contributed by atoms with E-state index in [1.165, 1.54) is 0 Å². The van der Waals surface area contributed by atoms with Crippen molar-refractivity contribution in [3.05, 3.63) is 34.9 Å². The van der Waals surface area contributed by atoms with Crippen molar-refractivity contribution in [2.75, 3.05) is 6.61 Å². The lowest BCUT2D eigenvalue weighted by Crippen LogP contribution is -2.00. The topological polar surface area (TPSA) is 57.5 Å². The van der Waals surface area contributed by atoms with E-state index in [4.69, 9.17) is 5.11 Å². The quantitative estimate of drug-likeness (QED) is 0.563. The minimum absolute atomic E-state index is 0.00746. The first kappa shape index (κ1) is 13.9. The largest absolute Gasteiger partial charge is 0.396 e. The van der Waals surface area contributed by atoms with E-state index in [9.17, 15) is 9.90 Å². The van der Waals surface area contributed by atoms with Crippen molar-refractivity contribution in [2.24, 2.45) is 0 Å². The van der Waals surface area contributed by atoms with Crippen LogP contribution in [0, 0.1) is 0 Å². The molecular formula is C14H20O3. The van der Waals surface area contributed by atoms with Crippen LogP contribution in [0.25, 0.3) is 0 Å². The van der Waals surface area contributed by atoms with Crippen molar-refractivity contribution in [1.29, 1.82) is 0 Å². The Balaban J connectivity index is 2.72. The monoisotopic (exact) mass is 236 g/mol. The number of Topliss-reactive ketones (excluding diaryl/α,β-unsaturated/α-hetero) is 1. The van der Waals surface area contributed by atoms with Gasteiger partial charge in [-0.15, -0.1) is 0 Å². The van der Waals surface area contributed by atoms with Gasteiger partial charge in [-0.3, -0.25) is 4.79 Å². The van der Waals surface area contributed by atoms with Gasteiger partial charge in [-0.2, -0.15) is 0 Å². The molecule has 0 radical (unpaired) electrons. The Bertz CT molecular complexity index is 372. The second-order valence-corrected chi connectivity index (χ2v) is 4.23. The molecule has 0 spiro atoms. The predicted molar refractivity (Wildman–Crippen MR) is 67.0 cm³/mol. The summed E-state index contributed by atoms with van der Waals surface area (Å²) in [6, 6.07) is 5.44.